The van der Waals surface area contributed by atoms with Crippen molar-refractivity contribution in [2.24, 2.45) is 5.73 Å². The summed E-state index contributed by atoms with van der Waals surface area (Å²) in [7, 11) is 0. The van der Waals surface area contributed by atoms with E-state index in [0.717, 1.165) is 18.4 Å². The molecule has 6 heteroatoms. The molecule has 1 aliphatic heterocycles. The van der Waals surface area contributed by atoms with Gasteiger partial charge in [0.25, 0.3) is 0 Å². The summed E-state index contributed by atoms with van der Waals surface area (Å²) >= 11 is 0. The molecule has 0 saturated carbocycles. The third kappa shape index (κ3) is 3.86. The minimum absolute atomic E-state index is 0. The van der Waals surface area contributed by atoms with E-state index in [9.17, 15) is 4.79 Å². The fourth-order valence-corrected chi connectivity index (χ4v) is 2.11. The highest BCUT2D eigenvalue weighted by molar-refractivity contribution is 5.86. The van der Waals surface area contributed by atoms with Crippen molar-refractivity contribution in [1.29, 1.82) is 5.41 Å². The first kappa shape index (κ1) is 15.3. The number of amides is 1. The highest BCUT2D eigenvalue weighted by atomic mass is 35.5. The van der Waals surface area contributed by atoms with Gasteiger partial charge in [0.05, 0.1) is 6.04 Å². The second-order valence-corrected chi connectivity index (χ2v) is 4.35. The topological polar surface area (TPSA) is 79.4 Å². The number of hydrogen-bond donors (Lipinski definition) is 2. The molecule has 0 spiro atoms. The van der Waals surface area contributed by atoms with Gasteiger partial charge < -0.3 is 10.5 Å². The Morgan fingerprint density at radius 1 is 1.42 bits per heavy atom. The molecule has 104 valence electrons. The predicted octanol–water partition coefficient (Wildman–Crippen LogP) is 2.15. The zero-order valence-corrected chi connectivity index (χ0v) is 11.4. The molecule has 0 aliphatic carbocycles. The molecule has 19 heavy (non-hydrogen) atoms. The minimum Gasteiger partial charge on any atom is -0.445 e. The molecular formula is C13H18ClN3O2. The van der Waals surface area contributed by atoms with Gasteiger partial charge in [-0.15, -0.1) is 12.4 Å². The summed E-state index contributed by atoms with van der Waals surface area (Å²) in [6.07, 6.45) is 1.22. The number of halogens is 1. The lowest BCUT2D eigenvalue weighted by atomic mass is 10.2. The van der Waals surface area contributed by atoms with Crippen molar-refractivity contribution in [1.82, 2.24) is 4.90 Å². The highest BCUT2D eigenvalue weighted by Gasteiger charge is 2.31. The Kier molecular flexibility index (Phi) is 5.63. The molecule has 0 aromatic heterocycles. The Bertz CT molecular complexity index is 439. The van der Waals surface area contributed by atoms with Crippen LogP contribution in [-0.2, 0) is 11.3 Å². The zero-order chi connectivity index (χ0) is 13.0. The van der Waals surface area contributed by atoms with Crippen LogP contribution in [0.5, 0.6) is 0 Å². The van der Waals surface area contributed by atoms with E-state index in [1.807, 2.05) is 30.3 Å². The Labute approximate surface area is 118 Å². The fourth-order valence-electron chi connectivity index (χ4n) is 2.11. The summed E-state index contributed by atoms with van der Waals surface area (Å²) in [5, 5.41) is 7.44. The van der Waals surface area contributed by atoms with E-state index in [1.165, 1.54) is 4.90 Å². The molecule has 1 aromatic carbocycles. The molecule has 1 aromatic rings. The normalized spacial score (nSPS) is 17.7. The van der Waals surface area contributed by atoms with Crippen molar-refractivity contribution in [3.63, 3.8) is 0 Å². The van der Waals surface area contributed by atoms with Crippen molar-refractivity contribution < 1.29 is 9.53 Å². The van der Waals surface area contributed by atoms with E-state index in [1.54, 1.807) is 0 Å². The molecule has 0 radical (unpaired) electrons. The number of rotatable bonds is 3. The molecule has 1 amide bonds. The molecule has 3 N–H and O–H groups in total. The number of nitrogens with one attached hydrogen (secondary N) is 1. The van der Waals surface area contributed by atoms with E-state index in [0.29, 0.717) is 6.54 Å². The largest absolute Gasteiger partial charge is 0.445 e. The van der Waals surface area contributed by atoms with Crippen LogP contribution < -0.4 is 5.73 Å². The average molecular weight is 284 g/mol. The number of nitrogens with zero attached hydrogens (tertiary/aromatic N) is 1. The van der Waals surface area contributed by atoms with Crippen molar-refractivity contribution in [2.45, 2.75) is 25.5 Å². The molecule has 1 unspecified atom stereocenters. The second-order valence-electron chi connectivity index (χ2n) is 4.35. The first-order chi connectivity index (χ1) is 8.68. The maximum atomic E-state index is 11.9. The van der Waals surface area contributed by atoms with Crippen LogP contribution in [0.15, 0.2) is 30.3 Å². The van der Waals surface area contributed by atoms with Gasteiger partial charge in [-0.05, 0) is 18.4 Å². The molecule has 1 saturated heterocycles. The summed E-state index contributed by atoms with van der Waals surface area (Å²) < 4.78 is 5.23. The van der Waals surface area contributed by atoms with Gasteiger partial charge in [-0.1, -0.05) is 30.3 Å². The maximum absolute atomic E-state index is 11.9. The van der Waals surface area contributed by atoms with Gasteiger partial charge in [-0.2, -0.15) is 0 Å². The Hall–Kier alpha value is -1.75. The van der Waals surface area contributed by atoms with Crippen LogP contribution in [0.4, 0.5) is 4.79 Å². The number of amidine groups is 1. The summed E-state index contributed by atoms with van der Waals surface area (Å²) in [5.74, 6) is 0.0316. The Morgan fingerprint density at radius 3 is 2.74 bits per heavy atom. The standard InChI is InChI=1S/C13H17N3O2.ClH/c14-12(15)11-7-4-8-16(11)13(17)18-9-10-5-2-1-3-6-10;/h1-3,5-6,11H,4,7-9H2,(H3,14,15);1H. The Balaban J connectivity index is 0.00000180. The number of likely N-dealkylation sites (tertiary alicyclic amines) is 1. The average Bonchev–Trinajstić information content (AvgIpc) is 2.86. The van der Waals surface area contributed by atoms with Gasteiger partial charge in [0.2, 0.25) is 0 Å². The number of hydrogen-bond acceptors (Lipinski definition) is 3. The first-order valence-electron chi connectivity index (χ1n) is 5.99. The number of carbonyl (C=O) groups is 1. The van der Waals surface area contributed by atoms with Gasteiger partial charge in [-0.25, -0.2) is 4.79 Å². The third-order valence-corrected chi connectivity index (χ3v) is 3.05. The van der Waals surface area contributed by atoms with Crippen LogP contribution >= 0.6 is 12.4 Å². The number of carbonyl (C=O) groups excluding carboxylic acids is 1. The lowest BCUT2D eigenvalue weighted by molar-refractivity contribution is 0.0991. The Morgan fingerprint density at radius 2 is 2.11 bits per heavy atom. The zero-order valence-electron chi connectivity index (χ0n) is 10.5. The van der Waals surface area contributed by atoms with Crippen LogP contribution in [0.2, 0.25) is 0 Å². The molecule has 2 rings (SSSR count). The van der Waals surface area contributed by atoms with Crippen LogP contribution in [0.25, 0.3) is 0 Å². The predicted molar refractivity (Wildman–Crippen MR) is 75.5 cm³/mol. The van der Waals surface area contributed by atoms with Crippen molar-refractivity contribution in [2.75, 3.05) is 6.54 Å². The molecule has 1 atom stereocenters. The van der Waals surface area contributed by atoms with E-state index in [2.05, 4.69) is 0 Å². The minimum atomic E-state index is -0.392. The van der Waals surface area contributed by atoms with Gasteiger partial charge in [-0.3, -0.25) is 10.3 Å². The van der Waals surface area contributed by atoms with E-state index < -0.39 is 6.09 Å². The molecular weight excluding hydrogens is 266 g/mol. The number of benzene rings is 1. The lowest BCUT2D eigenvalue weighted by Gasteiger charge is -2.22. The molecule has 0 bridgehead atoms. The third-order valence-electron chi connectivity index (χ3n) is 3.05. The van der Waals surface area contributed by atoms with E-state index >= 15 is 0 Å². The van der Waals surface area contributed by atoms with Gasteiger partial charge in [0.1, 0.15) is 12.4 Å². The lowest BCUT2D eigenvalue weighted by Crippen LogP contribution is -2.43. The van der Waals surface area contributed by atoms with Crippen molar-refractivity contribution in [3.8, 4) is 0 Å². The highest BCUT2D eigenvalue weighted by Crippen LogP contribution is 2.18. The number of nitrogens with two attached hydrogens (primary N) is 1. The van der Waals surface area contributed by atoms with Crippen LogP contribution in [0.3, 0.4) is 0 Å². The molecule has 5 nitrogen and oxygen atoms in total. The summed E-state index contributed by atoms with van der Waals surface area (Å²) in [6.45, 7) is 0.860. The van der Waals surface area contributed by atoms with Crippen LogP contribution in [0, 0.1) is 5.41 Å². The van der Waals surface area contributed by atoms with Gasteiger partial charge in [0, 0.05) is 6.54 Å². The van der Waals surface area contributed by atoms with E-state index in [4.69, 9.17) is 15.9 Å². The van der Waals surface area contributed by atoms with Crippen LogP contribution in [-0.4, -0.2) is 29.4 Å². The SMILES string of the molecule is Cl.N=C(N)C1CCCN1C(=O)OCc1ccccc1. The monoisotopic (exact) mass is 283 g/mol. The van der Waals surface area contributed by atoms with Crippen LogP contribution in [0.1, 0.15) is 18.4 Å². The van der Waals surface area contributed by atoms with Gasteiger partial charge >= 0.3 is 6.09 Å². The quantitative estimate of drug-likeness (QED) is 0.659. The smallest absolute Gasteiger partial charge is 0.410 e. The molecule has 1 heterocycles. The van der Waals surface area contributed by atoms with E-state index in [-0.39, 0.29) is 30.9 Å². The molecule has 1 aliphatic rings. The first-order valence-corrected chi connectivity index (χ1v) is 5.99. The summed E-state index contributed by atoms with van der Waals surface area (Å²) in [6, 6.07) is 9.22. The fraction of sp³-hybridized carbons (Fsp3) is 0.385. The van der Waals surface area contributed by atoms with Crippen molar-refractivity contribution in [3.05, 3.63) is 35.9 Å². The maximum Gasteiger partial charge on any atom is 0.410 e. The van der Waals surface area contributed by atoms with Crippen molar-refractivity contribution >= 4 is 24.3 Å². The second kappa shape index (κ2) is 6.99. The number of ether oxygens (including phenoxy) is 1. The molecule has 1 fully saturated rings. The summed E-state index contributed by atoms with van der Waals surface area (Å²) in [4.78, 5) is 13.4. The summed E-state index contributed by atoms with van der Waals surface area (Å²) in [5.41, 5.74) is 6.42. The van der Waals surface area contributed by atoms with Gasteiger partial charge in [0.15, 0.2) is 0 Å².